The second kappa shape index (κ2) is 10.2. The van der Waals surface area contributed by atoms with Crippen molar-refractivity contribution in [3.63, 3.8) is 0 Å². The molecule has 4 rings (SSSR count). The zero-order valence-electron chi connectivity index (χ0n) is 21.9. The van der Waals surface area contributed by atoms with Crippen LogP contribution in [0.4, 0.5) is 13.2 Å². The first kappa shape index (κ1) is 27.3. The van der Waals surface area contributed by atoms with Crippen molar-refractivity contribution >= 4 is 11.8 Å². The summed E-state index contributed by atoms with van der Waals surface area (Å²) >= 11 is 0. The topological polar surface area (TPSA) is 73.9 Å². The number of alkyl halides is 3. The van der Waals surface area contributed by atoms with Gasteiger partial charge in [-0.1, -0.05) is 38.1 Å². The molecule has 2 atom stereocenters. The lowest BCUT2D eigenvalue weighted by Gasteiger charge is -2.41. The number of ether oxygens (including phenoxy) is 3. The molecule has 0 aromatic heterocycles. The zero-order chi connectivity index (χ0) is 27.8. The lowest BCUT2D eigenvalue weighted by atomic mass is 9.66. The molecule has 0 radical (unpaired) electrons. The summed E-state index contributed by atoms with van der Waals surface area (Å²) in [4.78, 5) is 26.2. The van der Waals surface area contributed by atoms with Crippen molar-refractivity contribution in [2.75, 3.05) is 14.2 Å². The number of fused-ring (bicyclic) bond motifs is 1. The van der Waals surface area contributed by atoms with Gasteiger partial charge in [0.1, 0.15) is 12.4 Å². The van der Waals surface area contributed by atoms with Crippen LogP contribution in [0.3, 0.4) is 0 Å². The van der Waals surface area contributed by atoms with Gasteiger partial charge in [-0.3, -0.25) is 4.79 Å². The van der Waals surface area contributed by atoms with E-state index in [2.05, 4.69) is 5.32 Å². The average Bonchev–Trinajstić information content (AvgIpc) is 2.85. The van der Waals surface area contributed by atoms with Crippen molar-refractivity contribution in [3.8, 4) is 11.5 Å². The Bertz CT molecular complexity index is 1330. The lowest BCUT2D eigenvalue weighted by molar-refractivity contribution is -0.138. The van der Waals surface area contributed by atoms with E-state index in [4.69, 9.17) is 14.2 Å². The molecule has 0 spiro atoms. The van der Waals surface area contributed by atoms with Gasteiger partial charge in [0, 0.05) is 23.7 Å². The van der Waals surface area contributed by atoms with Crippen LogP contribution in [-0.2, 0) is 27.1 Å². The number of ketones is 1. The summed E-state index contributed by atoms with van der Waals surface area (Å²) in [6, 6.07) is 9.98. The molecule has 0 saturated carbocycles. The number of hydrogen-bond acceptors (Lipinski definition) is 6. The average molecular weight is 530 g/mol. The summed E-state index contributed by atoms with van der Waals surface area (Å²) in [5, 5.41) is 3.25. The Labute approximate surface area is 219 Å². The van der Waals surface area contributed by atoms with Crippen LogP contribution in [0.1, 0.15) is 49.8 Å². The van der Waals surface area contributed by atoms with E-state index in [0.29, 0.717) is 40.3 Å². The molecule has 2 aromatic carbocycles. The Balaban J connectivity index is 1.70. The van der Waals surface area contributed by atoms with E-state index in [9.17, 15) is 22.8 Å². The van der Waals surface area contributed by atoms with Gasteiger partial charge >= 0.3 is 12.1 Å². The molecule has 0 fully saturated rings. The van der Waals surface area contributed by atoms with Gasteiger partial charge < -0.3 is 19.5 Å². The fourth-order valence-corrected chi connectivity index (χ4v) is 5.20. The number of rotatable bonds is 6. The van der Waals surface area contributed by atoms with Gasteiger partial charge in [0.15, 0.2) is 11.5 Å². The van der Waals surface area contributed by atoms with Crippen molar-refractivity contribution in [1.29, 1.82) is 0 Å². The van der Waals surface area contributed by atoms with E-state index in [1.165, 1.54) is 20.3 Å². The minimum atomic E-state index is -4.45. The van der Waals surface area contributed by atoms with Crippen molar-refractivity contribution in [2.24, 2.45) is 11.3 Å². The number of esters is 1. The van der Waals surface area contributed by atoms with E-state index in [-0.39, 0.29) is 17.8 Å². The smallest absolute Gasteiger partial charge is 0.416 e. The molecule has 0 saturated heterocycles. The number of hydrogen-bond donors (Lipinski definition) is 1. The van der Waals surface area contributed by atoms with Crippen LogP contribution in [0.2, 0.25) is 0 Å². The lowest BCUT2D eigenvalue weighted by Crippen LogP contribution is -2.43. The van der Waals surface area contributed by atoms with E-state index < -0.39 is 29.5 Å². The molecule has 6 nitrogen and oxygen atoms in total. The molecular weight excluding hydrogens is 499 g/mol. The minimum absolute atomic E-state index is 0.00254. The first-order valence-corrected chi connectivity index (χ1v) is 12.1. The molecule has 38 heavy (non-hydrogen) atoms. The van der Waals surface area contributed by atoms with E-state index in [0.717, 1.165) is 17.8 Å². The maximum Gasteiger partial charge on any atom is 0.416 e. The third-order valence-corrected chi connectivity index (χ3v) is 6.84. The molecule has 1 aliphatic heterocycles. The van der Waals surface area contributed by atoms with Gasteiger partial charge in [-0.15, -0.1) is 0 Å². The monoisotopic (exact) mass is 529 g/mol. The fraction of sp³-hybridized carbons (Fsp3) is 0.379. The molecule has 1 heterocycles. The normalized spacial score (nSPS) is 20.7. The highest BCUT2D eigenvalue weighted by molar-refractivity contribution is 5.96. The van der Waals surface area contributed by atoms with Crippen molar-refractivity contribution in [3.05, 3.63) is 82.2 Å². The molecule has 2 unspecified atom stereocenters. The van der Waals surface area contributed by atoms with Gasteiger partial charge in [-0.2, -0.15) is 13.2 Å². The molecule has 9 heteroatoms. The Morgan fingerprint density at radius 1 is 1.08 bits per heavy atom. The van der Waals surface area contributed by atoms with Gasteiger partial charge in [-0.05, 0) is 47.7 Å². The van der Waals surface area contributed by atoms with Crippen LogP contribution in [0.5, 0.6) is 11.5 Å². The number of carbonyl (C=O) groups is 2. The quantitative estimate of drug-likeness (QED) is 0.468. The van der Waals surface area contributed by atoms with Crippen molar-refractivity contribution in [1.82, 2.24) is 5.32 Å². The van der Waals surface area contributed by atoms with Crippen LogP contribution < -0.4 is 14.8 Å². The molecule has 1 N–H and O–H groups in total. The number of benzene rings is 2. The predicted octanol–water partition coefficient (Wildman–Crippen LogP) is 5.93. The summed E-state index contributed by atoms with van der Waals surface area (Å²) < 4.78 is 55.6. The predicted molar refractivity (Wildman–Crippen MR) is 134 cm³/mol. The van der Waals surface area contributed by atoms with Crippen LogP contribution >= 0.6 is 0 Å². The summed E-state index contributed by atoms with van der Waals surface area (Å²) in [6.07, 6.45) is -2.10. The molecule has 0 bridgehead atoms. The number of Topliss-reactive ketones (excluding diaryl/α,β-unsaturated/α-hetero) is 1. The van der Waals surface area contributed by atoms with Crippen molar-refractivity contribution < 1.29 is 37.0 Å². The van der Waals surface area contributed by atoms with Crippen LogP contribution in [-0.4, -0.2) is 26.0 Å². The number of carbonyl (C=O) groups excluding carboxylic acids is 2. The molecule has 0 amide bonds. The molecule has 202 valence electrons. The first-order valence-electron chi connectivity index (χ1n) is 12.1. The Morgan fingerprint density at radius 3 is 2.47 bits per heavy atom. The third kappa shape index (κ3) is 5.42. The summed E-state index contributed by atoms with van der Waals surface area (Å²) in [5.41, 5.74) is 1.60. The number of allylic oxidation sites excluding steroid dienone is 3. The Morgan fingerprint density at radius 2 is 1.82 bits per heavy atom. The van der Waals surface area contributed by atoms with Crippen LogP contribution in [0, 0.1) is 11.3 Å². The molecule has 2 aliphatic rings. The molecular formula is C29H30F3NO5. The fourth-order valence-electron chi connectivity index (χ4n) is 5.20. The Kier molecular flexibility index (Phi) is 7.32. The molecule has 2 aromatic rings. The van der Waals surface area contributed by atoms with Gasteiger partial charge in [0.05, 0.1) is 31.3 Å². The van der Waals surface area contributed by atoms with E-state index in [1.807, 2.05) is 19.9 Å². The highest BCUT2D eigenvalue weighted by Gasteiger charge is 2.46. The van der Waals surface area contributed by atoms with Crippen molar-refractivity contribution in [2.45, 2.75) is 45.9 Å². The highest BCUT2D eigenvalue weighted by atomic mass is 19.4. The molecule has 1 aliphatic carbocycles. The summed E-state index contributed by atoms with van der Waals surface area (Å²) in [6.45, 7) is 5.63. The van der Waals surface area contributed by atoms with Gasteiger partial charge in [-0.25, -0.2) is 4.79 Å². The number of nitrogens with one attached hydrogen (secondary N) is 1. The van der Waals surface area contributed by atoms with E-state index in [1.54, 1.807) is 31.2 Å². The maximum absolute atomic E-state index is 13.4. The summed E-state index contributed by atoms with van der Waals surface area (Å²) in [5.74, 6) is -1.13. The number of methoxy groups -OCH3 is 2. The van der Waals surface area contributed by atoms with Gasteiger partial charge in [0.25, 0.3) is 0 Å². The van der Waals surface area contributed by atoms with Crippen LogP contribution in [0.25, 0.3) is 0 Å². The minimum Gasteiger partial charge on any atom is -0.493 e. The second-order valence-corrected chi connectivity index (χ2v) is 10.2. The largest absolute Gasteiger partial charge is 0.493 e. The maximum atomic E-state index is 13.4. The standard InChI is InChI=1S/C29H30F3NO5/c1-16-24(27(35)37-5)25(26-20(33-16)13-28(2,3)14-21(26)34)18-9-10-22(23(12-18)36-4)38-15-17-7-6-8-19(11-17)29(30,31)32/h6-13,25-26,33H,14-15H2,1-5H3. The number of halogens is 3. The zero-order valence-corrected chi connectivity index (χ0v) is 21.9. The first-order chi connectivity index (χ1) is 17.8. The second-order valence-electron chi connectivity index (χ2n) is 10.2. The summed E-state index contributed by atoms with van der Waals surface area (Å²) in [7, 11) is 2.74. The Hall–Kier alpha value is -3.75. The highest BCUT2D eigenvalue weighted by Crippen LogP contribution is 2.48. The SMILES string of the molecule is COC(=O)C1=C(C)NC2=CC(C)(C)CC(=O)C2C1c1ccc(OCc2cccc(C(F)(F)F)c2)c(OC)c1. The van der Waals surface area contributed by atoms with E-state index >= 15 is 0 Å². The van der Waals surface area contributed by atoms with Gasteiger partial charge in [0.2, 0.25) is 0 Å². The third-order valence-electron chi connectivity index (χ3n) is 6.84. The van der Waals surface area contributed by atoms with Crippen LogP contribution in [0.15, 0.2) is 65.5 Å².